The van der Waals surface area contributed by atoms with E-state index in [1.54, 1.807) is 13.8 Å². The van der Waals surface area contributed by atoms with Gasteiger partial charge in [0.25, 0.3) is 0 Å². The van der Waals surface area contributed by atoms with Crippen molar-refractivity contribution in [1.82, 2.24) is 0 Å². The molecular formula is C17H30O4. The summed E-state index contributed by atoms with van der Waals surface area (Å²) in [6, 6.07) is 0. The molecule has 0 aromatic heterocycles. The minimum Gasteiger partial charge on any atom is -0.457 e. The largest absolute Gasteiger partial charge is 0.457 e. The van der Waals surface area contributed by atoms with Crippen molar-refractivity contribution in [3.8, 4) is 0 Å². The minimum absolute atomic E-state index is 0.0362. The molecule has 1 fully saturated rings. The lowest BCUT2D eigenvalue weighted by Crippen LogP contribution is -2.40. The first-order valence-corrected chi connectivity index (χ1v) is 7.65. The molecule has 4 heteroatoms. The average Bonchev–Trinajstić information content (AvgIpc) is 2.45. The van der Waals surface area contributed by atoms with E-state index in [0.717, 1.165) is 6.42 Å². The monoisotopic (exact) mass is 298 g/mol. The second kappa shape index (κ2) is 5.62. The van der Waals surface area contributed by atoms with Gasteiger partial charge in [-0.05, 0) is 31.1 Å². The van der Waals surface area contributed by atoms with Crippen LogP contribution in [-0.2, 0) is 19.1 Å². The van der Waals surface area contributed by atoms with Crippen molar-refractivity contribution in [2.75, 3.05) is 0 Å². The lowest BCUT2D eigenvalue weighted by molar-refractivity contribution is -0.168. The maximum absolute atomic E-state index is 12.6. The quantitative estimate of drug-likeness (QED) is 0.745. The lowest BCUT2D eigenvalue weighted by Gasteiger charge is -2.35. The summed E-state index contributed by atoms with van der Waals surface area (Å²) in [4.78, 5) is 24.1. The molecule has 1 aliphatic rings. The van der Waals surface area contributed by atoms with Crippen LogP contribution in [0.5, 0.6) is 0 Å². The molecule has 0 amide bonds. The highest BCUT2D eigenvalue weighted by molar-refractivity contribution is 5.77. The first-order chi connectivity index (χ1) is 9.22. The first kappa shape index (κ1) is 18.0. The molecule has 1 aliphatic heterocycles. The van der Waals surface area contributed by atoms with Crippen LogP contribution >= 0.6 is 0 Å². The number of hydrogen-bond donors (Lipinski definition) is 0. The van der Waals surface area contributed by atoms with Crippen molar-refractivity contribution in [3.63, 3.8) is 0 Å². The van der Waals surface area contributed by atoms with Crippen molar-refractivity contribution in [3.05, 3.63) is 0 Å². The van der Waals surface area contributed by atoms with Gasteiger partial charge in [-0.2, -0.15) is 0 Å². The summed E-state index contributed by atoms with van der Waals surface area (Å²) in [5.74, 6) is -0.737. The first-order valence-electron chi connectivity index (χ1n) is 7.65. The molecular weight excluding hydrogens is 268 g/mol. The SMILES string of the molecule is CC(C)(C)CC(C(=O)OC1CC(=O)OC1(C)C)C(C)(C)C. The summed E-state index contributed by atoms with van der Waals surface area (Å²) in [5, 5.41) is 0. The molecule has 1 saturated heterocycles. The summed E-state index contributed by atoms with van der Waals surface area (Å²) < 4.78 is 10.9. The highest BCUT2D eigenvalue weighted by Crippen LogP contribution is 2.38. The number of carbonyl (C=O) groups is 2. The Morgan fingerprint density at radius 2 is 1.81 bits per heavy atom. The van der Waals surface area contributed by atoms with Crippen molar-refractivity contribution in [1.29, 1.82) is 0 Å². The molecule has 2 unspecified atom stereocenters. The van der Waals surface area contributed by atoms with Gasteiger partial charge in [0.15, 0.2) is 6.10 Å². The van der Waals surface area contributed by atoms with Crippen LogP contribution in [0.4, 0.5) is 0 Å². The zero-order valence-electron chi connectivity index (χ0n) is 14.7. The molecule has 0 aliphatic carbocycles. The smallest absolute Gasteiger partial charge is 0.310 e. The molecule has 1 rings (SSSR count). The molecule has 0 aromatic carbocycles. The predicted octanol–water partition coefficient (Wildman–Crippen LogP) is 3.72. The van der Waals surface area contributed by atoms with Gasteiger partial charge in [0.05, 0.1) is 12.3 Å². The van der Waals surface area contributed by atoms with Crippen LogP contribution in [0.2, 0.25) is 0 Å². The Labute approximate surface area is 128 Å². The summed E-state index contributed by atoms with van der Waals surface area (Å²) in [7, 11) is 0. The molecule has 4 nitrogen and oxygen atoms in total. The summed E-state index contributed by atoms with van der Waals surface area (Å²) >= 11 is 0. The van der Waals surface area contributed by atoms with Crippen molar-refractivity contribution in [2.24, 2.45) is 16.7 Å². The fourth-order valence-electron chi connectivity index (χ4n) is 2.56. The predicted molar refractivity (Wildman–Crippen MR) is 81.7 cm³/mol. The van der Waals surface area contributed by atoms with Crippen LogP contribution in [0.3, 0.4) is 0 Å². The van der Waals surface area contributed by atoms with Crippen molar-refractivity contribution in [2.45, 2.75) is 79.9 Å². The zero-order chi connectivity index (χ0) is 16.6. The number of rotatable bonds is 3. The Morgan fingerprint density at radius 3 is 2.14 bits per heavy atom. The fraction of sp³-hybridized carbons (Fsp3) is 0.882. The zero-order valence-corrected chi connectivity index (χ0v) is 14.7. The number of carbonyl (C=O) groups excluding carboxylic acids is 2. The van der Waals surface area contributed by atoms with Crippen LogP contribution in [0, 0.1) is 16.7 Å². The highest BCUT2D eigenvalue weighted by Gasteiger charge is 2.46. The van der Waals surface area contributed by atoms with Crippen LogP contribution in [0.15, 0.2) is 0 Å². The lowest BCUT2D eigenvalue weighted by atomic mass is 9.72. The van der Waals surface area contributed by atoms with Gasteiger partial charge in [-0.15, -0.1) is 0 Å². The van der Waals surface area contributed by atoms with Gasteiger partial charge >= 0.3 is 11.9 Å². The van der Waals surface area contributed by atoms with Gasteiger partial charge in [0, 0.05) is 0 Å². The van der Waals surface area contributed by atoms with Crippen molar-refractivity contribution >= 4 is 11.9 Å². The molecule has 1 heterocycles. The van der Waals surface area contributed by atoms with E-state index in [9.17, 15) is 9.59 Å². The summed E-state index contributed by atoms with van der Waals surface area (Å²) in [6.07, 6.45) is 0.393. The second-order valence-corrected chi connectivity index (χ2v) is 8.89. The van der Waals surface area contributed by atoms with Gasteiger partial charge in [-0.1, -0.05) is 41.5 Å². The van der Waals surface area contributed by atoms with E-state index in [0.29, 0.717) is 0 Å². The molecule has 2 atom stereocenters. The third kappa shape index (κ3) is 5.01. The third-order valence-electron chi connectivity index (χ3n) is 3.91. The maximum Gasteiger partial charge on any atom is 0.310 e. The number of cyclic esters (lactones) is 1. The van der Waals surface area contributed by atoms with E-state index in [2.05, 4.69) is 20.8 Å². The molecule has 0 aromatic rings. The van der Waals surface area contributed by atoms with Crippen LogP contribution in [-0.4, -0.2) is 23.6 Å². The number of esters is 2. The average molecular weight is 298 g/mol. The van der Waals surface area contributed by atoms with Gasteiger partial charge in [0.2, 0.25) is 0 Å². The number of hydrogen-bond acceptors (Lipinski definition) is 4. The van der Waals surface area contributed by atoms with E-state index < -0.39 is 11.7 Å². The molecule has 0 N–H and O–H groups in total. The Kier molecular flexibility index (Phi) is 4.81. The molecule has 122 valence electrons. The van der Waals surface area contributed by atoms with E-state index in [1.165, 1.54) is 0 Å². The third-order valence-corrected chi connectivity index (χ3v) is 3.91. The summed E-state index contributed by atoms with van der Waals surface area (Å²) in [5.41, 5.74) is -0.886. The molecule has 0 spiro atoms. The Hall–Kier alpha value is -1.06. The summed E-state index contributed by atoms with van der Waals surface area (Å²) in [6.45, 7) is 16.1. The number of ether oxygens (including phenoxy) is 2. The van der Waals surface area contributed by atoms with E-state index in [4.69, 9.17) is 9.47 Å². The molecule has 0 bridgehead atoms. The van der Waals surface area contributed by atoms with Gasteiger partial charge in [-0.25, -0.2) is 0 Å². The van der Waals surface area contributed by atoms with E-state index >= 15 is 0 Å². The second-order valence-electron chi connectivity index (χ2n) is 8.89. The molecule has 0 saturated carbocycles. The maximum atomic E-state index is 12.6. The Bertz CT molecular complexity index is 409. The standard InChI is InChI=1S/C17H30O4/c1-15(2,3)10-11(16(4,5)6)14(19)20-12-9-13(18)21-17(12,7)8/h11-12H,9-10H2,1-8H3. The van der Waals surface area contributed by atoms with Crippen LogP contribution < -0.4 is 0 Å². The molecule has 21 heavy (non-hydrogen) atoms. The fourth-order valence-corrected chi connectivity index (χ4v) is 2.56. The van der Waals surface area contributed by atoms with Gasteiger partial charge < -0.3 is 9.47 Å². The van der Waals surface area contributed by atoms with Crippen molar-refractivity contribution < 1.29 is 19.1 Å². The van der Waals surface area contributed by atoms with Gasteiger partial charge in [-0.3, -0.25) is 9.59 Å². The van der Waals surface area contributed by atoms with Crippen LogP contribution in [0.25, 0.3) is 0 Å². The normalized spacial score (nSPS) is 23.6. The highest BCUT2D eigenvalue weighted by atomic mass is 16.6. The molecule has 0 radical (unpaired) electrons. The topological polar surface area (TPSA) is 52.6 Å². The van der Waals surface area contributed by atoms with Gasteiger partial charge in [0.1, 0.15) is 5.60 Å². The minimum atomic E-state index is -0.739. The Morgan fingerprint density at radius 1 is 1.29 bits per heavy atom. The van der Waals surface area contributed by atoms with Crippen LogP contribution in [0.1, 0.15) is 68.2 Å². The Balaban J connectivity index is 2.85. The van der Waals surface area contributed by atoms with E-state index in [-0.39, 0.29) is 35.1 Å². The van der Waals surface area contributed by atoms with E-state index in [1.807, 2.05) is 20.8 Å².